The summed E-state index contributed by atoms with van der Waals surface area (Å²) >= 11 is 0. The molecule has 0 spiro atoms. The Morgan fingerprint density at radius 1 is 1.56 bits per heavy atom. The molecule has 1 aromatic rings. The van der Waals surface area contributed by atoms with Crippen molar-refractivity contribution in [3.63, 3.8) is 0 Å². The van der Waals surface area contributed by atoms with Gasteiger partial charge in [0.25, 0.3) is 0 Å². The van der Waals surface area contributed by atoms with Crippen LogP contribution in [0.15, 0.2) is 17.2 Å². The lowest BCUT2D eigenvalue weighted by Crippen LogP contribution is -2.17. The summed E-state index contributed by atoms with van der Waals surface area (Å²) < 4.78 is 28.5. The Morgan fingerprint density at radius 3 is 2.75 bits per heavy atom. The van der Waals surface area contributed by atoms with Crippen molar-refractivity contribution in [2.75, 3.05) is 0 Å². The zero-order valence-electron chi connectivity index (χ0n) is 9.01. The summed E-state index contributed by atoms with van der Waals surface area (Å²) in [5, 5.41) is 5.18. The lowest BCUT2D eigenvalue weighted by atomic mass is 10.3. The van der Waals surface area contributed by atoms with E-state index in [1.807, 2.05) is 6.92 Å². The van der Waals surface area contributed by atoms with Crippen LogP contribution in [-0.2, 0) is 16.4 Å². The minimum Gasteiger partial charge on any atom is -0.489 e. The van der Waals surface area contributed by atoms with Crippen molar-refractivity contribution in [1.82, 2.24) is 4.98 Å². The predicted molar refractivity (Wildman–Crippen MR) is 58.6 cm³/mol. The average Bonchev–Trinajstić information content (AvgIpc) is 2.99. The van der Waals surface area contributed by atoms with Crippen LogP contribution < -0.4 is 9.88 Å². The molecule has 0 radical (unpaired) electrons. The van der Waals surface area contributed by atoms with Gasteiger partial charge in [-0.15, -0.1) is 0 Å². The van der Waals surface area contributed by atoms with Gasteiger partial charge >= 0.3 is 0 Å². The molecule has 5 nitrogen and oxygen atoms in total. The van der Waals surface area contributed by atoms with Crippen LogP contribution in [0.1, 0.15) is 25.5 Å². The molecule has 0 unspecified atom stereocenters. The fraction of sp³-hybridized carbons (Fsp3) is 0.500. The van der Waals surface area contributed by atoms with Crippen LogP contribution in [-0.4, -0.2) is 19.5 Å². The van der Waals surface area contributed by atoms with E-state index in [-0.39, 0.29) is 11.0 Å². The number of rotatable bonds is 4. The van der Waals surface area contributed by atoms with Crippen molar-refractivity contribution in [3.8, 4) is 5.75 Å². The van der Waals surface area contributed by atoms with Gasteiger partial charge in [-0.1, -0.05) is 6.92 Å². The summed E-state index contributed by atoms with van der Waals surface area (Å²) in [6.07, 6.45) is 4.12. The molecule has 1 heterocycles. The van der Waals surface area contributed by atoms with Crippen LogP contribution in [0.4, 0.5) is 0 Å². The summed E-state index contributed by atoms with van der Waals surface area (Å²) in [5.74, 6) is 0.330. The number of ether oxygens (including phenoxy) is 1. The van der Waals surface area contributed by atoms with Crippen molar-refractivity contribution < 1.29 is 13.2 Å². The second-order valence-electron chi connectivity index (χ2n) is 3.80. The summed E-state index contributed by atoms with van der Waals surface area (Å²) in [6, 6.07) is 1.55. The molecule has 1 fully saturated rings. The van der Waals surface area contributed by atoms with Crippen molar-refractivity contribution in [2.45, 2.75) is 37.2 Å². The number of sulfonamides is 1. The van der Waals surface area contributed by atoms with E-state index in [1.54, 1.807) is 12.3 Å². The molecule has 0 amide bonds. The van der Waals surface area contributed by atoms with Gasteiger partial charge in [0.1, 0.15) is 10.6 Å². The predicted octanol–water partition coefficient (Wildman–Crippen LogP) is 0.833. The fourth-order valence-electron chi connectivity index (χ4n) is 1.49. The second kappa shape index (κ2) is 4.03. The lowest BCUT2D eigenvalue weighted by molar-refractivity contribution is 0.294. The molecule has 1 saturated carbocycles. The Labute approximate surface area is 94.7 Å². The summed E-state index contributed by atoms with van der Waals surface area (Å²) in [4.78, 5) is 4.04. The van der Waals surface area contributed by atoms with E-state index >= 15 is 0 Å². The Balaban J connectivity index is 2.49. The number of hydrogen-bond acceptors (Lipinski definition) is 4. The maximum Gasteiger partial charge on any atom is 0.243 e. The third-order valence-corrected chi connectivity index (χ3v) is 3.39. The van der Waals surface area contributed by atoms with E-state index in [1.165, 1.54) is 0 Å². The van der Waals surface area contributed by atoms with Crippen molar-refractivity contribution >= 4 is 10.0 Å². The molecule has 2 rings (SSSR count). The van der Waals surface area contributed by atoms with E-state index in [0.717, 1.165) is 12.8 Å². The number of primary sulfonamides is 1. The smallest absolute Gasteiger partial charge is 0.243 e. The third-order valence-electron chi connectivity index (χ3n) is 2.38. The van der Waals surface area contributed by atoms with Gasteiger partial charge in [0, 0.05) is 6.20 Å². The molecule has 0 aromatic carbocycles. The average molecular weight is 242 g/mol. The minimum absolute atomic E-state index is 0.0319. The van der Waals surface area contributed by atoms with Crippen molar-refractivity contribution in [1.29, 1.82) is 0 Å². The number of aromatic nitrogens is 1. The summed E-state index contributed by atoms with van der Waals surface area (Å²) in [7, 11) is -3.78. The Bertz CT molecular complexity index is 495. The molecular formula is C10H14N2O3S. The van der Waals surface area contributed by atoms with E-state index in [4.69, 9.17) is 9.88 Å². The first-order chi connectivity index (χ1) is 7.52. The Kier molecular flexibility index (Phi) is 2.86. The first-order valence-electron chi connectivity index (χ1n) is 5.19. The van der Waals surface area contributed by atoms with Gasteiger partial charge in [-0.3, -0.25) is 4.98 Å². The largest absolute Gasteiger partial charge is 0.489 e. The van der Waals surface area contributed by atoms with Gasteiger partial charge in [0.05, 0.1) is 11.8 Å². The maximum absolute atomic E-state index is 11.5. The highest BCUT2D eigenvalue weighted by Gasteiger charge is 2.28. The summed E-state index contributed by atoms with van der Waals surface area (Å²) in [5.41, 5.74) is 0.459. The molecule has 0 aliphatic heterocycles. The zero-order chi connectivity index (χ0) is 11.8. The normalized spacial score (nSPS) is 16.1. The van der Waals surface area contributed by atoms with Gasteiger partial charge in [-0.2, -0.15) is 0 Å². The molecule has 2 N–H and O–H groups in total. The molecule has 1 aliphatic carbocycles. The quantitative estimate of drug-likeness (QED) is 0.847. The van der Waals surface area contributed by atoms with Crippen molar-refractivity contribution in [2.24, 2.45) is 5.14 Å². The Hall–Kier alpha value is -1.14. The number of pyridine rings is 1. The number of nitrogens with zero attached hydrogens (tertiary/aromatic N) is 1. The SMILES string of the molecule is CCc1nccc(OC2CC2)c1S(N)(=O)=O. The Morgan fingerprint density at radius 2 is 2.25 bits per heavy atom. The van der Waals surface area contributed by atoms with Gasteiger partial charge in [-0.25, -0.2) is 13.6 Å². The van der Waals surface area contributed by atoms with Gasteiger partial charge in [0.2, 0.25) is 10.0 Å². The number of hydrogen-bond donors (Lipinski definition) is 1. The van der Waals surface area contributed by atoms with Crippen LogP contribution in [0.25, 0.3) is 0 Å². The van der Waals surface area contributed by atoms with E-state index in [2.05, 4.69) is 4.98 Å². The molecule has 0 saturated heterocycles. The highest BCUT2D eigenvalue weighted by Crippen LogP contribution is 2.32. The molecule has 0 atom stereocenters. The molecular weight excluding hydrogens is 228 g/mol. The van der Waals surface area contributed by atoms with Gasteiger partial charge in [0.15, 0.2) is 0 Å². The first-order valence-corrected chi connectivity index (χ1v) is 6.74. The monoisotopic (exact) mass is 242 g/mol. The number of nitrogens with two attached hydrogens (primary N) is 1. The lowest BCUT2D eigenvalue weighted by Gasteiger charge is -2.11. The molecule has 88 valence electrons. The van der Waals surface area contributed by atoms with Gasteiger partial charge in [-0.05, 0) is 25.3 Å². The maximum atomic E-state index is 11.5. The highest BCUT2D eigenvalue weighted by atomic mass is 32.2. The van der Waals surface area contributed by atoms with Crippen LogP contribution in [0, 0.1) is 0 Å². The van der Waals surface area contributed by atoms with Crippen molar-refractivity contribution in [3.05, 3.63) is 18.0 Å². The second-order valence-corrected chi connectivity index (χ2v) is 5.30. The van der Waals surface area contributed by atoms with E-state index in [9.17, 15) is 8.42 Å². The standard InChI is InChI=1S/C10H14N2O3S/c1-2-8-10(16(11,13)14)9(5-6-12-8)15-7-3-4-7/h5-7H,2-4H2,1H3,(H2,11,13,14). The van der Waals surface area contributed by atoms with Crippen LogP contribution in [0.2, 0.25) is 0 Å². The van der Waals surface area contributed by atoms with Gasteiger partial charge < -0.3 is 4.74 Å². The summed E-state index contributed by atoms with van der Waals surface area (Å²) in [6.45, 7) is 1.83. The highest BCUT2D eigenvalue weighted by molar-refractivity contribution is 7.89. The third kappa shape index (κ3) is 2.33. The molecule has 1 aromatic heterocycles. The zero-order valence-corrected chi connectivity index (χ0v) is 9.83. The minimum atomic E-state index is -3.78. The topological polar surface area (TPSA) is 82.3 Å². The molecule has 1 aliphatic rings. The van der Waals surface area contributed by atoms with E-state index in [0.29, 0.717) is 17.9 Å². The molecule has 16 heavy (non-hydrogen) atoms. The molecule has 0 bridgehead atoms. The molecule has 6 heteroatoms. The van der Waals surface area contributed by atoms with Crippen LogP contribution in [0.3, 0.4) is 0 Å². The first kappa shape index (κ1) is 11.3. The fourth-order valence-corrected chi connectivity index (χ4v) is 2.41. The van der Waals surface area contributed by atoms with Crippen LogP contribution >= 0.6 is 0 Å². The van der Waals surface area contributed by atoms with E-state index < -0.39 is 10.0 Å². The van der Waals surface area contributed by atoms with Crippen LogP contribution in [0.5, 0.6) is 5.75 Å². The number of aryl methyl sites for hydroxylation is 1.